The van der Waals surface area contributed by atoms with Crippen LogP contribution in [0.5, 0.6) is 0 Å². The van der Waals surface area contributed by atoms with Crippen molar-refractivity contribution in [2.75, 3.05) is 11.4 Å². The molecule has 5 heteroatoms. The first-order valence-electron chi connectivity index (χ1n) is 8.30. The number of aromatic nitrogens is 1. The van der Waals surface area contributed by atoms with Crippen LogP contribution in [0.3, 0.4) is 0 Å². The van der Waals surface area contributed by atoms with Gasteiger partial charge in [-0.25, -0.2) is 4.39 Å². The Hall–Kier alpha value is -2.27. The van der Waals surface area contributed by atoms with Crippen LogP contribution in [0, 0.1) is 11.7 Å². The van der Waals surface area contributed by atoms with Gasteiger partial charge in [0, 0.05) is 30.5 Å². The number of benzene rings is 1. The summed E-state index contributed by atoms with van der Waals surface area (Å²) >= 11 is 0. The predicted octanol–water partition coefficient (Wildman–Crippen LogP) is 3.42. The number of aliphatic hydroxyl groups excluding tert-OH is 1. The summed E-state index contributed by atoms with van der Waals surface area (Å²) in [4.78, 5) is 18.5. The summed E-state index contributed by atoms with van der Waals surface area (Å²) in [5.74, 6) is -0.498. The molecule has 1 aliphatic rings. The highest BCUT2D eigenvalue weighted by Gasteiger charge is 2.28. The van der Waals surface area contributed by atoms with Gasteiger partial charge in [0.2, 0.25) is 0 Å². The second-order valence-electron chi connectivity index (χ2n) is 6.25. The van der Waals surface area contributed by atoms with E-state index in [4.69, 9.17) is 0 Å². The number of hydrogen-bond acceptors (Lipinski definition) is 3. The monoisotopic (exact) mass is 328 g/mol. The number of aliphatic hydroxyl groups is 1. The first-order valence-corrected chi connectivity index (χ1v) is 8.30. The third-order valence-corrected chi connectivity index (χ3v) is 4.58. The highest BCUT2D eigenvalue weighted by Crippen LogP contribution is 2.28. The van der Waals surface area contributed by atoms with Gasteiger partial charge < -0.3 is 10.0 Å². The average Bonchev–Trinajstić information content (AvgIpc) is 2.62. The van der Waals surface area contributed by atoms with Gasteiger partial charge in [-0.1, -0.05) is 12.8 Å². The topological polar surface area (TPSA) is 53.4 Å². The van der Waals surface area contributed by atoms with E-state index in [-0.39, 0.29) is 17.6 Å². The van der Waals surface area contributed by atoms with E-state index in [9.17, 15) is 14.3 Å². The smallest absolute Gasteiger partial charge is 0.259 e. The van der Waals surface area contributed by atoms with Crippen LogP contribution >= 0.6 is 0 Å². The summed E-state index contributed by atoms with van der Waals surface area (Å²) in [6, 6.07) is 9.30. The molecule has 0 radical (unpaired) electrons. The van der Waals surface area contributed by atoms with Gasteiger partial charge in [-0.05, 0) is 49.2 Å². The Morgan fingerprint density at radius 2 is 1.96 bits per heavy atom. The number of nitrogens with zero attached hydrogens (tertiary/aromatic N) is 2. The fraction of sp³-hybridized carbons (Fsp3) is 0.368. The van der Waals surface area contributed by atoms with Crippen LogP contribution in [0.15, 0.2) is 48.8 Å². The molecule has 1 N–H and O–H groups in total. The molecule has 0 saturated heterocycles. The lowest BCUT2D eigenvalue weighted by Gasteiger charge is -2.33. The molecule has 1 saturated carbocycles. The van der Waals surface area contributed by atoms with Crippen LogP contribution in [0.25, 0.3) is 0 Å². The molecule has 0 spiro atoms. The van der Waals surface area contributed by atoms with Crippen molar-refractivity contribution < 1.29 is 14.3 Å². The van der Waals surface area contributed by atoms with E-state index >= 15 is 0 Å². The van der Waals surface area contributed by atoms with E-state index < -0.39 is 6.10 Å². The molecule has 1 fully saturated rings. The highest BCUT2D eigenvalue weighted by atomic mass is 19.1. The van der Waals surface area contributed by atoms with Crippen molar-refractivity contribution in [3.8, 4) is 0 Å². The molecule has 126 valence electrons. The minimum absolute atomic E-state index is 0.0319. The first kappa shape index (κ1) is 16.6. The van der Waals surface area contributed by atoms with Crippen LogP contribution in [-0.4, -0.2) is 28.6 Å². The quantitative estimate of drug-likeness (QED) is 0.935. The van der Waals surface area contributed by atoms with Crippen LogP contribution in [0.2, 0.25) is 0 Å². The van der Waals surface area contributed by atoms with Gasteiger partial charge >= 0.3 is 0 Å². The summed E-state index contributed by atoms with van der Waals surface area (Å²) in [5, 5.41) is 10.3. The van der Waals surface area contributed by atoms with E-state index in [1.807, 2.05) is 0 Å². The van der Waals surface area contributed by atoms with Gasteiger partial charge in [0.25, 0.3) is 5.91 Å². The number of carbonyl (C=O) groups is 1. The molecule has 1 amide bonds. The lowest BCUT2D eigenvalue weighted by molar-refractivity contribution is 0.0706. The Balaban J connectivity index is 1.88. The Bertz CT molecular complexity index is 676. The number of halogens is 1. The van der Waals surface area contributed by atoms with E-state index in [0.29, 0.717) is 17.8 Å². The summed E-state index contributed by atoms with van der Waals surface area (Å²) in [5.41, 5.74) is 1.11. The summed E-state index contributed by atoms with van der Waals surface area (Å²) in [6.07, 6.45) is 6.47. The number of anilines is 1. The third kappa shape index (κ3) is 3.79. The predicted molar refractivity (Wildman–Crippen MR) is 90.3 cm³/mol. The minimum atomic E-state index is -0.400. The first-order chi connectivity index (χ1) is 11.6. The molecular formula is C19H21FN2O2. The number of carbonyl (C=O) groups excluding carboxylic acids is 1. The maximum absolute atomic E-state index is 13.2. The molecule has 2 unspecified atom stereocenters. The molecule has 2 atom stereocenters. The van der Waals surface area contributed by atoms with Crippen molar-refractivity contribution in [2.24, 2.45) is 5.92 Å². The fourth-order valence-electron chi connectivity index (χ4n) is 3.21. The molecule has 3 rings (SSSR count). The van der Waals surface area contributed by atoms with Crippen molar-refractivity contribution in [3.63, 3.8) is 0 Å². The van der Waals surface area contributed by atoms with Crippen molar-refractivity contribution in [2.45, 2.75) is 31.8 Å². The molecular weight excluding hydrogens is 307 g/mol. The molecule has 2 aromatic rings. The van der Waals surface area contributed by atoms with Gasteiger partial charge in [0.15, 0.2) is 0 Å². The summed E-state index contributed by atoms with van der Waals surface area (Å²) in [6.45, 7) is 0.417. The van der Waals surface area contributed by atoms with E-state index in [2.05, 4.69) is 4.98 Å². The summed E-state index contributed by atoms with van der Waals surface area (Å²) < 4.78 is 13.2. The van der Waals surface area contributed by atoms with Crippen LogP contribution < -0.4 is 4.90 Å². The van der Waals surface area contributed by atoms with E-state index in [0.717, 1.165) is 25.7 Å². The number of amides is 1. The fourth-order valence-corrected chi connectivity index (χ4v) is 3.21. The number of pyridine rings is 1. The SMILES string of the molecule is O=C(c1cccnc1)N(CC1CCCCC1O)c1ccc(F)cc1. The van der Waals surface area contributed by atoms with Gasteiger partial charge in [0.1, 0.15) is 5.82 Å². The average molecular weight is 328 g/mol. The van der Waals surface area contributed by atoms with Gasteiger partial charge in [-0.3, -0.25) is 9.78 Å². The second-order valence-corrected chi connectivity index (χ2v) is 6.25. The molecule has 1 heterocycles. The Morgan fingerprint density at radius 3 is 2.62 bits per heavy atom. The van der Waals surface area contributed by atoms with Gasteiger partial charge in [0.05, 0.1) is 11.7 Å². The molecule has 1 aromatic carbocycles. The van der Waals surface area contributed by atoms with Crippen LogP contribution in [0.4, 0.5) is 10.1 Å². The number of rotatable bonds is 4. The molecule has 4 nitrogen and oxygen atoms in total. The zero-order valence-corrected chi connectivity index (χ0v) is 13.4. The second kappa shape index (κ2) is 7.53. The molecule has 0 bridgehead atoms. The van der Waals surface area contributed by atoms with E-state index in [1.165, 1.54) is 18.3 Å². The third-order valence-electron chi connectivity index (χ3n) is 4.58. The minimum Gasteiger partial charge on any atom is -0.393 e. The van der Waals surface area contributed by atoms with Gasteiger partial charge in [-0.2, -0.15) is 0 Å². The zero-order chi connectivity index (χ0) is 16.9. The largest absolute Gasteiger partial charge is 0.393 e. The highest BCUT2D eigenvalue weighted by molar-refractivity contribution is 6.05. The Kier molecular flexibility index (Phi) is 5.20. The molecule has 1 aromatic heterocycles. The molecule has 24 heavy (non-hydrogen) atoms. The normalized spacial score (nSPS) is 20.6. The van der Waals surface area contributed by atoms with Crippen molar-refractivity contribution in [1.82, 2.24) is 4.98 Å². The van der Waals surface area contributed by atoms with Crippen LogP contribution in [0.1, 0.15) is 36.0 Å². The molecule has 0 aliphatic heterocycles. The molecule has 1 aliphatic carbocycles. The van der Waals surface area contributed by atoms with Gasteiger partial charge in [-0.15, -0.1) is 0 Å². The number of hydrogen-bond donors (Lipinski definition) is 1. The zero-order valence-electron chi connectivity index (χ0n) is 13.4. The lowest BCUT2D eigenvalue weighted by Crippen LogP contribution is -2.40. The van der Waals surface area contributed by atoms with Crippen LogP contribution in [-0.2, 0) is 0 Å². The van der Waals surface area contributed by atoms with Crippen molar-refractivity contribution in [3.05, 3.63) is 60.2 Å². The maximum Gasteiger partial charge on any atom is 0.259 e. The summed E-state index contributed by atoms with van der Waals surface area (Å²) in [7, 11) is 0. The van der Waals surface area contributed by atoms with Crippen molar-refractivity contribution in [1.29, 1.82) is 0 Å². The Labute approximate surface area is 141 Å². The van der Waals surface area contributed by atoms with Crippen molar-refractivity contribution >= 4 is 11.6 Å². The maximum atomic E-state index is 13.2. The lowest BCUT2D eigenvalue weighted by atomic mass is 9.86. The Morgan fingerprint density at radius 1 is 1.21 bits per heavy atom. The standard InChI is InChI=1S/C19H21FN2O2/c20-16-7-9-17(10-8-16)22(13-15-4-1-2-6-18(15)23)19(24)14-5-3-11-21-12-14/h3,5,7-12,15,18,23H,1-2,4,6,13H2. The van der Waals surface area contributed by atoms with E-state index in [1.54, 1.807) is 35.4 Å².